The van der Waals surface area contributed by atoms with Crippen LogP contribution in [0, 0.1) is 0 Å². The van der Waals surface area contributed by atoms with E-state index >= 15 is 0 Å². The summed E-state index contributed by atoms with van der Waals surface area (Å²) in [5.41, 5.74) is -1.17. The molecule has 0 aromatic heterocycles. The van der Waals surface area contributed by atoms with Gasteiger partial charge in [0.2, 0.25) is 0 Å². The number of rotatable bonds is 5. The molecule has 0 bridgehead atoms. The van der Waals surface area contributed by atoms with Crippen LogP contribution in [0.4, 0.5) is 4.39 Å². The van der Waals surface area contributed by atoms with Crippen molar-refractivity contribution < 1.29 is 9.13 Å². The van der Waals surface area contributed by atoms with Crippen molar-refractivity contribution >= 4 is 0 Å². The molecule has 0 spiro atoms. The van der Waals surface area contributed by atoms with Gasteiger partial charge in [0.25, 0.3) is 0 Å². The summed E-state index contributed by atoms with van der Waals surface area (Å²) >= 11 is 0. The Kier molecular flexibility index (Phi) is 4.13. The van der Waals surface area contributed by atoms with Crippen molar-refractivity contribution in [3.63, 3.8) is 0 Å². The normalized spacial score (nSPS) is 13.6. The molecule has 15 heavy (non-hydrogen) atoms. The fourth-order valence-electron chi connectivity index (χ4n) is 1.50. The first-order chi connectivity index (χ1) is 7.01. The molecule has 1 nitrogen and oxygen atoms in total. The molecule has 2 heteroatoms. The van der Waals surface area contributed by atoms with E-state index in [2.05, 4.69) is 0 Å². The van der Waals surface area contributed by atoms with Crippen LogP contribution >= 0.6 is 0 Å². The van der Waals surface area contributed by atoms with Crippen molar-refractivity contribution in [1.29, 1.82) is 0 Å². The molecule has 0 aliphatic rings. The van der Waals surface area contributed by atoms with Crippen molar-refractivity contribution in [2.75, 3.05) is 0 Å². The van der Waals surface area contributed by atoms with Crippen LogP contribution in [-0.2, 0) is 0 Å². The van der Waals surface area contributed by atoms with Gasteiger partial charge in [-0.2, -0.15) is 0 Å². The molecule has 0 heterocycles. The summed E-state index contributed by atoms with van der Waals surface area (Å²) < 4.78 is 19.1. The molecule has 1 aromatic rings. The van der Waals surface area contributed by atoms with Crippen molar-refractivity contribution in [3.8, 4) is 5.75 Å². The lowest BCUT2D eigenvalue weighted by Crippen LogP contribution is -2.26. The van der Waals surface area contributed by atoms with Crippen molar-refractivity contribution in [1.82, 2.24) is 0 Å². The van der Waals surface area contributed by atoms with E-state index in [0.717, 1.165) is 12.2 Å². The molecule has 0 aliphatic heterocycles. The summed E-state index contributed by atoms with van der Waals surface area (Å²) in [5, 5.41) is 0. The SMILES string of the molecule is CCC(CC(C)(C)F)Oc1ccccc1. The first kappa shape index (κ1) is 12.0. The molecule has 1 unspecified atom stereocenters. The van der Waals surface area contributed by atoms with Gasteiger partial charge < -0.3 is 4.74 Å². The van der Waals surface area contributed by atoms with Gasteiger partial charge in [-0.15, -0.1) is 0 Å². The zero-order valence-corrected chi connectivity index (χ0v) is 9.66. The Balaban J connectivity index is 2.55. The quantitative estimate of drug-likeness (QED) is 0.714. The molecule has 0 saturated carbocycles. The average molecular weight is 210 g/mol. The topological polar surface area (TPSA) is 9.23 Å². The molecule has 0 saturated heterocycles. The van der Waals surface area contributed by atoms with Crippen molar-refractivity contribution in [2.45, 2.75) is 45.4 Å². The van der Waals surface area contributed by atoms with Gasteiger partial charge >= 0.3 is 0 Å². The minimum Gasteiger partial charge on any atom is -0.490 e. The van der Waals surface area contributed by atoms with Crippen LogP contribution in [0.15, 0.2) is 30.3 Å². The fourth-order valence-corrected chi connectivity index (χ4v) is 1.50. The van der Waals surface area contributed by atoms with E-state index < -0.39 is 5.67 Å². The number of hydrogen-bond donors (Lipinski definition) is 0. The third-order valence-corrected chi connectivity index (χ3v) is 2.21. The van der Waals surface area contributed by atoms with Crippen molar-refractivity contribution in [2.24, 2.45) is 0 Å². The second-order valence-corrected chi connectivity index (χ2v) is 4.38. The Morgan fingerprint density at radius 3 is 2.33 bits per heavy atom. The van der Waals surface area contributed by atoms with E-state index in [9.17, 15) is 4.39 Å². The van der Waals surface area contributed by atoms with Crippen LogP contribution in [-0.4, -0.2) is 11.8 Å². The molecule has 84 valence electrons. The molecular weight excluding hydrogens is 191 g/mol. The highest BCUT2D eigenvalue weighted by atomic mass is 19.1. The number of alkyl halides is 1. The monoisotopic (exact) mass is 210 g/mol. The maximum absolute atomic E-state index is 13.4. The maximum atomic E-state index is 13.4. The lowest BCUT2D eigenvalue weighted by atomic mass is 10.0. The van der Waals surface area contributed by atoms with Crippen LogP contribution in [0.3, 0.4) is 0 Å². The third-order valence-electron chi connectivity index (χ3n) is 2.21. The average Bonchev–Trinajstić information content (AvgIpc) is 2.16. The first-order valence-electron chi connectivity index (χ1n) is 5.42. The standard InChI is InChI=1S/C13H19FO/c1-4-11(10-13(2,3)14)15-12-8-6-5-7-9-12/h5-9,11H,4,10H2,1-3H3. The lowest BCUT2D eigenvalue weighted by molar-refractivity contribution is 0.0994. The zero-order valence-electron chi connectivity index (χ0n) is 9.66. The highest BCUT2D eigenvalue weighted by Gasteiger charge is 2.22. The Morgan fingerprint density at radius 2 is 1.87 bits per heavy atom. The highest BCUT2D eigenvalue weighted by molar-refractivity contribution is 5.21. The second-order valence-electron chi connectivity index (χ2n) is 4.38. The predicted octanol–water partition coefficient (Wildman–Crippen LogP) is 3.98. The van der Waals surface area contributed by atoms with Gasteiger partial charge in [0.05, 0.1) is 0 Å². The largest absolute Gasteiger partial charge is 0.490 e. The summed E-state index contributed by atoms with van der Waals surface area (Å²) in [7, 11) is 0. The Bertz CT molecular complexity index is 276. The van der Waals surface area contributed by atoms with Gasteiger partial charge in [0, 0.05) is 6.42 Å². The number of ether oxygens (including phenoxy) is 1. The molecule has 0 N–H and O–H groups in total. The van der Waals surface area contributed by atoms with E-state index in [4.69, 9.17) is 4.74 Å². The molecule has 0 fully saturated rings. The predicted molar refractivity (Wildman–Crippen MR) is 61.0 cm³/mol. The van der Waals surface area contributed by atoms with E-state index in [1.165, 1.54) is 0 Å². The molecule has 1 aromatic carbocycles. The summed E-state index contributed by atoms with van der Waals surface area (Å²) in [6, 6.07) is 9.57. The number of para-hydroxylation sites is 1. The van der Waals surface area contributed by atoms with Gasteiger partial charge in [0.15, 0.2) is 0 Å². The summed E-state index contributed by atoms with van der Waals surface area (Å²) in [6.45, 7) is 5.19. The minimum absolute atomic E-state index is 0.0487. The highest BCUT2D eigenvalue weighted by Crippen LogP contribution is 2.22. The van der Waals surface area contributed by atoms with Gasteiger partial charge in [-0.3, -0.25) is 0 Å². The first-order valence-corrected chi connectivity index (χ1v) is 5.42. The summed E-state index contributed by atoms with van der Waals surface area (Å²) in [5.74, 6) is 0.814. The lowest BCUT2D eigenvalue weighted by Gasteiger charge is -2.23. The molecule has 0 radical (unpaired) electrons. The van der Waals surface area contributed by atoms with Crippen LogP contribution in [0.25, 0.3) is 0 Å². The van der Waals surface area contributed by atoms with Gasteiger partial charge in [-0.25, -0.2) is 4.39 Å². The van der Waals surface area contributed by atoms with E-state index in [1.807, 2.05) is 37.3 Å². The van der Waals surface area contributed by atoms with Crippen LogP contribution in [0.1, 0.15) is 33.6 Å². The number of halogens is 1. The number of hydrogen-bond acceptors (Lipinski definition) is 1. The van der Waals surface area contributed by atoms with E-state index in [1.54, 1.807) is 13.8 Å². The Morgan fingerprint density at radius 1 is 1.27 bits per heavy atom. The third kappa shape index (κ3) is 4.82. The smallest absolute Gasteiger partial charge is 0.119 e. The van der Waals surface area contributed by atoms with Gasteiger partial charge in [-0.05, 0) is 32.4 Å². The van der Waals surface area contributed by atoms with E-state index in [0.29, 0.717) is 6.42 Å². The molecular formula is C13H19FO. The molecule has 1 atom stereocenters. The van der Waals surface area contributed by atoms with Crippen molar-refractivity contribution in [3.05, 3.63) is 30.3 Å². The Labute approximate surface area is 91.3 Å². The molecule has 1 rings (SSSR count). The minimum atomic E-state index is -1.17. The molecule has 0 aliphatic carbocycles. The zero-order chi connectivity index (χ0) is 11.3. The van der Waals surface area contributed by atoms with Crippen LogP contribution < -0.4 is 4.74 Å². The second kappa shape index (κ2) is 5.15. The maximum Gasteiger partial charge on any atom is 0.119 e. The van der Waals surface area contributed by atoms with Gasteiger partial charge in [-0.1, -0.05) is 25.1 Å². The Hall–Kier alpha value is -1.05. The van der Waals surface area contributed by atoms with Crippen LogP contribution in [0.2, 0.25) is 0 Å². The summed E-state index contributed by atoms with van der Waals surface area (Å²) in [4.78, 5) is 0. The fraction of sp³-hybridized carbons (Fsp3) is 0.538. The van der Waals surface area contributed by atoms with Gasteiger partial charge in [0.1, 0.15) is 17.5 Å². The molecule has 0 amide bonds. The number of benzene rings is 1. The summed E-state index contributed by atoms with van der Waals surface area (Å²) in [6.07, 6.45) is 1.20. The van der Waals surface area contributed by atoms with Crippen LogP contribution in [0.5, 0.6) is 5.75 Å². The van der Waals surface area contributed by atoms with E-state index in [-0.39, 0.29) is 6.10 Å².